The summed E-state index contributed by atoms with van der Waals surface area (Å²) in [4.78, 5) is 13.7. The summed E-state index contributed by atoms with van der Waals surface area (Å²) >= 11 is 0. The van der Waals surface area contributed by atoms with Crippen LogP contribution in [0.25, 0.3) is 11.5 Å². The minimum Gasteiger partial charge on any atom is -0.334 e. The van der Waals surface area contributed by atoms with Gasteiger partial charge in [-0.05, 0) is 19.1 Å². The van der Waals surface area contributed by atoms with Crippen LogP contribution in [0.1, 0.15) is 11.4 Å². The largest absolute Gasteiger partial charge is 0.416 e. The van der Waals surface area contributed by atoms with Gasteiger partial charge in [0.1, 0.15) is 5.56 Å². The highest BCUT2D eigenvalue weighted by molar-refractivity contribution is 5.67. The lowest BCUT2D eigenvalue weighted by atomic mass is 10.1. The summed E-state index contributed by atoms with van der Waals surface area (Å²) in [5, 5.41) is 14.3. The first kappa shape index (κ1) is 13.0. The van der Waals surface area contributed by atoms with Crippen molar-refractivity contribution in [3.05, 3.63) is 39.7 Å². The number of alkyl halides is 3. The minimum atomic E-state index is -4.66. The van der Waals surface area contributed by atoms with Gasteiger partial charge in [-0.1, -0.05) is 5.16 Å². The third-order valence-corrected chi connectivity index (χ3v) is 2.28. The van der Waals surface area contributed by atoms with E-state index < -0.39 is 22.4 Å². The van der Waals surface area contributed by atoms with Crippen molar-refractivity contribution in [2.75, 3.05) is 0 Å². The van der Waals surface area contributed by atoms with Crippen molar-refractivity contribution < 1.29 is 22.6 Å². The van der Waals surface area contributed by atoms with Crippen molar-refractivity contribution in [2.45, 2.75) is 13.1 Å². The lowest BCUT2D eigenvalue weighted by Gasteiger charge is -2.06. The standard InChI is InChI=1S/C10H6F3N3O3/c1-5-14-9(19-15-5)7-3-2-6(10(11,12)13)4-8(7)16(17)18/h2-4H,1H3. The van der Waals surface area contributed by atoms with Gasteiger partial charge in [-0.15, -0.1) is 0 Å². The highest BCUT2D eigenvalue weighted by Gasteiger charge is 2.33. The molecule has 9 heteroatoms. The molecular weight excluding hydrogens is 267 g/mol. The van der Waals surface area contributed by atoms with E-state index in [2.05, 4.69) is 10.1 Å². The van der Waals surface area contributed by atoms with E-state index in [9.17, 15) is 23.3 Å². The number of aryl methyl sites for hydroxylation is 1. The minimum absolute atomic E-state index is 0.154. The first-order chi connectivity index (χ1) is 8.79. The number of nitro benzene ring substituents is 1. The number of hydrogen-bond acceptors (Lipinski definition) is 5. The third-order valence-electron chi connectivity index (χ3n) is 2.28. The maximum Gasteiger partial charge on any atom is 0.416 e. The van der Waals surface area contributed by atoms with Crippen LogP contribution in [0.4, 0.5) is 18.9 Å². The first-order valence-corrected chi connectivity index (χ1v) is 4.95. The number of nitrogens with zero attached hydrogens (tertiary/aromatic N) is 3. The first-order valence-electron chi connectivity index (χ1n) is 4.95. The Labute approximate surface area is 104 Å². The Hall–Kier alpha value is -2.45. The Kier molecular flexibility index (Phi) is 2.97. The predicted octanol–water partition coefficient (Wildman–Crippen LogP) is 2.97. The molecule has 0 fully saturated rings. The van der Waals surface area contributed by atoms with Gasteiger partial charge in [0.15, 0.2) is 5.82 Å². The summed E-state index contributed by atoms with van der Waals surface area (Å²) < 4.78 is 42.2. The van der Waals surface area contributed by atoms with Crippen molar-refractivity contribution in [1.29, 1.82) is 0 Å². The Morgan fingerprint density at radius 3 is 2.53 bits per heavy atom. The molecule has 1 aromatic carbocycles. The molecule has 1 aromatic heterocycles. The van der Waals surface area contributed by atoms with Gasteiger partial charge < -0.3 is 4.52 Å². The van der Waals surface area contributed by atoms with Gasteiger partial charge in [0.25, 0.3) is 11.6 Å². The molecule has 0 atom stereocenters. The quantitative estimate of drug-likeness (QED) is 0.620. The predicted molar refractivity (Wildman–Crippen MR) is 56.1 cm³/mol. The third kappa shape index (κ3) is 2.54. The Morgan fingerprint density at radius 2 is 2.05 bits per heavy atom. The molecule has 0 bridgehead atoms. The van der Waals surface area contributed by atoms with Crippen LogP contribution < -0.4 is 0 Å². The van der Waals surface area contributed by atoms with Crippen molar-refractivity contribution >= 4 is 5.69 Å². The molecule has 0 aliphatic carbocycles. The molecule has 6 nitrogen and oxygen atoms in total. The zero-order chi connectivity index (χ0) is 14.2. The smallest absolute Gasteiger partial charge is 0.334 e. The lowest BCUT2D eigenvalue weighted by molar-refractivity contribution is -0.384. The molecule has 1 heterocycles. The van der Waals surface area contributed by atoms with Crippen LogP contribution in [0.3, 0.4) is 0 Å². The summed E-state index contributed by atoms with van der Waals surface area (Å²) in [6.07, 6.45) is -4.66. The average molecular weight is 273 g/mol. The van der Waals surface area contributed by atoms with E-state index in [1.165, 1.54) is 6.92 Å². The molecule has 0 radical (unpaired) electrons. The molecular formula is C10H6F3N3O3. The maximum atomic E-state index is 12.5. The zero-order valence-electron chi connectivity index (χ0n) is 9.43. The molecule has 0 aliphatic heterocycles. The molecule has 2 rings (SSSR count). The van der Waals surface area contributed by atoms with E-state index in [1.807, 2.05) is 0 Å². The zero-order valence-corrected chi connectivity index (χ0v) is 9.43. The van der Waals surface area contributed by atoms with Crippen LogP contribution in [0.15, 0.2) is 22.7 Å². The van der Waals surface area contributed by atoms with Gasteiger partial charge in [-0.3, -0.25) is 10.1 Å². The molecule has 0 amide bonds. The highest BCUT2D eigenvalue weighted by Crippen LogP contribution is 2.36. The summed E-state index contributed by atoms with van der Waals surface area (Å²) in [5.41, 5.74) is -2.00. The number of nitro groups is 1. The normalized spacial score (nSPS) is 11.6. The van der Waals surface area contributed by atoms with E-state index in [1.54, 1.807) is 0 Å². The molecule has 0 N–H and O–H groups in total. The van der Waals surface area contributed by atoms with Crippen LogP contribution in [0, 0.1) is 17.0 Å². The van der Waals surface area contributed by atoms with Crippen molar-refractivity contribution in [3.63, 3.8) is 0 Å². The monoisotopic (exact) mass is 273 g/mol. The van der Waals surface area contributed by atoms with Crippen LogP contribution in [0.2, 0.25) is 0 Å². The van der Waals surface area contributed by atoms with Crippen molar-refractivity contribution in [3.8, 4) is 11.5 Å². The van der Waals surface area contributed by atoms with Crippen molar-refractivity contribution in [1.82, 2.24) is 10.1 Å². The van der Waals surface area contributed by atoms with E-state index >= 15 is 0 Å². The number of rotatable bonds is 2. The van der Waals surface area contributed by atoms with Gasteiger partial charge >= 0.3 is 6.18 Å². The van der Waals surface area contributed by atoms with Crippen molar-refractivity contribution in [2.24, 2.45) is 0 Å². The topological polar surface area (TPSA) is 82.1 Å². The SMILES string of the molecule is Cc1noc(-c2ccc(C(F)(F)F)cc2[N+](=O)[O-])n1. The maximum absolute atomic E-state index is 12.5. The van der Waals surface area contributed by atoms with Gasteiger partial charge in [-0.2, -0.15) is 18.2 Å². The van der Waals surface area contributed by atoms with Gasteiger partial charge in [0.2, 0.25) is 0 Å². The van der Waals surface area contributed by atoms with E-state index in [-0.39, 0.29) is 17.3 Å². The Bertz CT molecular complexity index is 636. The second-order valence-electron chi connectivity index (χ2n) is 3.63. The van der Waals surface area contributed by atoms with Crippen LogP contribution in [-0.2, 0) is 6.18 Å². The summed E-state index contributed by atoms with van der Waals surface area (Å²) in [6.45, 7) is 1.49. The second-order valence-corrected chi connectivity index (χ2v) is 3.63. The van der Waals surface area contributed by atoms with Gasteiger partial charge in [-0.25, -0.2) is 0 Å². The molecule has 0 saturated carbocycles. The molecule has 0 saturated heterocycles. The second kappa shape index (κ2) is 4.34. The van der Waals surface area contributed by atoms with Gasteiger partial charge in [0, 0.05) is 6.07 Å². The van der Waals surface area contributed by atoms with Crippen LogP contribution in [0.5, 0.6) is 0 Å². The summed E-state index contributed by atoms with van der Waals surface area (Å²) in [5.74, 6) is 0.0297. The summed E-state index contributed by atoms with van der Waals surface area (Å²) in [6, 6.07) is 2.10. The number of halogens is 3. The van der Waals surface area contributed by atoms with E-state index in [0.29, 0.717) is 6.07 Å². The number of benzene rings is 1. The highest BCUT2D eigenvalue weighted by atomic mass is 19.4. The molecule has 100 valence electrons. The molecule has 0 aliphatic rings. The van der Waals surface area contributed by atoms with Crippen LogP contribution >= 0.6 is 0 Å². The lowest BCUT2D eigenvalue weighted by Crippen LogP contribution is -2.06. The number of hydrogen-bond donors (Lipinski definition) is 0. The molecule has 2 aromatic rings. The fraction of sp³-hybridized carbons (Fsp3) is 0.200. The average Bonchev–Trinajstić information content (AvgIpc) is 2.73. The Morgan fingerprint density at radius 1 is 1.37 bits per heavy atom. The molecule has 0 spiro atoms. The summed E-state index contributed by atoms with van der Waals surface area (Å²) in [7, 11) is 0. The Balaban J connectivity index is 2.60. The van der Waals surface area contributed by atoms with E-state index in [0.717, 1.165) is 12.1 Å². The van der Waals surface area contributed by atoms with E-state index in [4.69, 9.17) is 4.52 Å². The molecule has 19 heavy (non-hydrogen) atoms. The number of aromatic nitrogens is 2. The fourth-order valence-corrected chi connectivity index (χ4v) is 1.45. The molecule has 0 unspecified atom stereocenters. The van der Waals surface area contributed by atoms with Gasteiger partial charge in [0.05, 0.1) is 10.5 Å². The van der Waals surface area contributed by atoms with Crippen LogP contribution in [-0.4, -0.2) is 15.1 Å². The fourth-order valence-electron chi connectivity index (χ4n) is 1.45.